The Balaban J connectivity index is 1.50. The van der Waals surface area contributed by atoms with Crippen molar-refractivity contribution in [3.8, 4) is 0 Å². The fourth-order valence-electron chi connectivity index (χ4n) is 3.47. The van der Waals surface area contributed by atoms with E-state index in [0.29, 0.717) is 24.0 Å². The van der Waals surface area contributed by atoms with Crippen LogP contribution in [0.25, 0.3) is 6.08 Å². The van der Waals surface area contributed by atoms with E-state index in [1.807, 2.05) is 11.6 Å². The van der Waals surface area contributed by atoms with E-state index in [9.17, 15) is 13.2 Å². The Morgan fingerprint density at radius 3 is 2.53 bits per heavy atom. The molecule has 0 saturated carbocycles. The highest BCUT2D eigenvalue weighted by molar-refractivity contribution is 7.94. The fraction of sp³-hybridized carbons (Fsp3) is 0.429. The van der Waals surface area contributed by atoms with Crippen molar-refractivity contribution in [1.82, 2.24) is 9.47 Å². The maximum atomic E-state index is 12.5. The van der Waals surface area contributed by atoms with Crippen LogP contribution < -0.4 is 4.80 Å². The van der Waals surface area contributed by atoms with Gasteiger partial charge in [-0.2, -0.15) is 0 Å². The van der Waals surface area contributed by atoms with Gasteiger partial charge in [-0.15, -0.1) is 11.3 Å². The van der Waals surface area contributed by atoms with Crippen molar-refractivity contribution in [2.45, 2.75) is 25.2 Å². The summed E-state index contributed by atoms with van der Waals surface area (Å²) >= 11 is 7.52. The Labute approximate surface area is 186 Å². The molecule has 2 heterocycles. The zero-order valence-corrected chi connectivity index (χ0v) is 19.5. The number of hydrogen-bond donors (Lipinski definition) is 0. The van der Waals surface area contributed by atoms with E-state index in [1.54, 1.807) is 47.5 Å². The first-order chi connectivity index (χ1) is 14.3. The van der Waals surface area contributed by atoms with Crippen molar-refractivity contribution >= 4 is 44.8 Å². The number of nitrogens with zero attached hydrogens (tertiary/aromatic N) is 3. The molecule has 0 bridgehead atoms. The third kappa shape index (κ3) is 6.06. The summed E-state index contributed by atoms with van der Waals surface area (Å²) in [5.41, 5.74) is 0.748. The molecule has 0 N–H and O–H groups in total. The van der Waals surface area contributed by atoms with Gasteiger partial charge in [0, 0.05) is 55.1 Å². The van der Waals surface area contributed by atoms with Gasteiger partial charge in [-0.05, 0) is 42.5 Å². The molecule has 9 heteroatoms. The number of rotatable bonds is 6. The van der Waals surface area contributed by atoms with Crippen LogP contribution in [0.15, 0.2) is 40.9 Å². The number of benzene rings is 1. The van der Waals surface area contributed by atoms with Crippen molar-refractivity contribution in [3.05, 3.63) is 56.1 Å². The van der Waals surface area contributed by atoms with Gasteiger partial charge in [0.1, 0.15) is 0 Å². The monoisotopic (exact) mass is 467 g/mol. The van der Waals surface area contributed by atoms with Crippen molar-refractivity contribution in [2.75, 3.05) is 25.9 Å². The molecule has 2 aromatic rings. The lowest BCUT2D eigenvalue weighted by Crippen LogP contribution is -2.38. The Morgan fingerprint density at radius 1 is 1.27 bits per heavy atom. The smallest absolute Gasteiger partial charge is 0.223 e. The highest BCUT2D eigenvalue weighted by atomic mass is 35.5. The second-order valence-electron chi connectivity index (χ2n) is 7.38. The maximum absolute atomic E-state index is 12.5. The lowest BCUT2D eigenvalue weighted by Gasteiger charge is -2.31. The van der Waals surface area contributed by atoms with E-state index in [2.05, 4.69) is 11.2 Å². The van der Waals surface area contributed by atoms with E-state index in [1.165, 1.54) is 16.4 Å². The van der Waals surface area contributed by atoms with Gasteiger partial charge in [-0.3, -0.25) is 9.79 Å². The molecule has 0 unspecified atom stereocenters. The molecular formula is C21H26ClN3O3S2. The maximum Gasteiger partial charge on any atom is 0.223 e. The van der Waals surface area contributed by atoms with Crippen LogP contribution in [0.5, 0.6) is 0 Å². The highest BCUT2D eigenvalue weighted by Gasteiger charge is 2.25. The number of hydrogen-bond acceptors (Lipinski definition) is 5. The van der Waals surface area contributed by atoms with Crippen LogP contribution in [0.1, 0.15) is 35.6 Å². The minimum Gasteiger partial charge on any atom is -0.343 e. The van der Waals surface area contributed by atoms with Gasteiger partial charge in [0.15, 0.2) is 14.6 Å². The lowest BCUT2D eigenvalue weighted by atomic mass is 9.95. The van der Waals surface area contributed by atoms with Crippen LogP contribution in [-0.2, 0) is 21.7 Å². The average molecular weight is 468 g/mol. The van der Waals surface area contributed by atoms with Crippen LogP contribution in [0.3, 0.4) is 0 Å². The molecule has 1 saturated heterocycles. The van der Waals surface area contributed by atoms with Gasteiger partial charge in [0.05, 0.1) is 5.75 Å². The molecular weight excluding hydrogens is 442 g/mol. The molecule has 1 aliphatic rings. The first-order valence-corrected chi connectivity index (χ1v) is 12.7. The van der Waals surface area contributed by atoms with Crippen LogP contribution in [-0.4, -0.2) is 49.7 Å². The molecule has 1 aliphatic heterocycles. The topological polar surface area (TPSA) is 71.7 Å². The predicted octanol–water partition coefficient (Wildman–Crippen LogP) is 3.45. The summed E-state index contributed by atoms with van der Waals surface area (Å²) in [6.07, 6.45) is 5.43. The summed E-state index contributed by atoms with van der Waals surface area (Å²) in [6, 6.07) is 6.90. The van der Waals surface area contributed by atoms with E-state index >= 15 is 0 Å². The van der Waals surface area contributed by atoms with E-state index in [0.717, 1.165) is 23.2 Å². The zero-order valence-electron chi connectivity index (χ0n) is 17.1. The third-order valence-corrected chi connectivity index (χ3v) is 8.11. The minimum absolute atomic E-state index is 0.00474. The van der Waals surface area contributed by atoms with Gasteiger partial charge in [-0.1, -0.05) is 23.7 Å². The summed E-state index contributed by atoms with van der Waals surface area (Å²) < 4.78 is 26.6. The molecule has 0 atom stereocenters. The van der Waals surface area contributed by atoms with E-state index in [-0.39, 0.29) is 18.1 Å². The van der Waals surface area contributed by atoms with Crippen LogP contribution in [0, 0.1) is 0 Å². The number of likely N-dealkylation sites (tertiary alicyclic amines) is 1. The number of aryl methyl sites for hydroxylation is 1. The summed E-state index contributed by atoms with van der Waals surface area (Å²) in [7, 11) is 0.321. The van der Waals surface area contributed by atoms with Crippen molar-refractivity contribution in [1.29, 1.82) is 0 Å². The number of piperidine rings is 1. The van der Waals surface area contributed by atoms with Gasteiger partial charge in [0.2, 0.25) is 5.91 Å². The van der Waals surface area contributed by atoms with Crippen LogP contribution in [0.2, 0.25) is 5.02 Å². The van der Waals surface area contributed by atoms with E-state index < -0.39 is 9.84 Å². The number of amides is 1. The SMILES string of the molecule is CN=c1sc(C2CCN(C(=O)CCS(=O)(=O)C=Cc3ccc(Cl)cc3)CC2)cn1C. The Morgan fingerprint density at radius 2 is 1.93 bits per heavy atom. The zero-order chi connectivity index (χ0) is 21.7. The number of halogens is 1. The Hall–Kier alpha value is -1.90. The lowest BCUT2D eigenvalue weighted by molar-refractivity contribution is -0.131. The predicted molar refractivity (Wildman–Crippen MR) is 122 cm³/mol. The largest absolute Gasteiger partial charge is 0.343 e. The first kappa shape index (κ1) is 22.8. The first-order valence-electron chi connectivity index (χ1n) is 9.81. The number of aromatic nitrogens is 1. The van der Waals surface area contributed by atoms with Gasteiger partial charge < -0.3 is 9.47 Å². The second-order valence-corrected chi connectivity index (χ2v) is 10.9. The molecule has 1 amide bonds. The molecule has 0 aliphatic carbocycles. The molecule has 0 spiro atoms. The van der Waals surface area contributed by atoms with Gasteiger partial charge in [-0.25, -0.2) is 8.42 Å². The van der Waals surface area contributed by atoms with Gasteiger partial charge in [0.25, 0.3) is 0 Å². The van der Waals surface area contributed by atoms with Crippen LogP contribution in [0.4, 0.5) is 0 Å². The molecule has 30 heavy (non-hydrogen) atoms. The Bertz CT molecular complexity index is 1080. The average Bonchev–Trinajstić information content (AvgIpc) is 3.12. The normalized spacial score (nSPS) is 16.5. The molecule has 1 aromatic carbocycles. The van der Waals surface area contributed by atoms with Crippen LogP contribution >= 0.6 is 22.9 Å². The van der Waals surface area contributed by atoms with Gasteiger partial charge >= 0.3 is 0 Å². The quantitative estimate of drug-likeness (QED) is 0.653. The number of carbonyl (C=O) groups is 1. The Kier molecular flexibility index (Phi) is 7.55. The summed E-state index contributed by atoms with van der Waals surface area (Å²) in [5, 5.41) is 1.77. The standard InChI is InChI=1S/C21H26ClN3O3S2/c1-23-21-24(2)15-19(29-21)17-7-11-25(12-8-17)20(26)10-14-30(27,28)13-9-16-3-5-18(22)6-4-16/h3-6,9,13,15,17H,7-8,10-12,14H2,1-2H3. The second kappa shape index (κ2) is 9.94. The van der Waals surface area contributed by atoms with E-state index in [4.69, 9.17) is 11.6 Å². The molecule has 1 fully saturated rings. The fourth-order valence-corrected chi connectivity index (χ4v) is 5.66. The number of carbonyl (C=O) groups excluding carboxylic acids is 1. The molecule has 1 aromatic heterocycles. The van der Waals surface area contributed by atoms with Crippen molar-refractivity contribution in [2.24, 2.45) is 12.0 Å². The van der Waals surface area contributed by atoms with Crippen molar-refractivity contribution in [3.63, 3.8) is 0 Å². The molecule has 162 valence electrons. The summed E-state index contributed by atoms with van der Waals surface area (Å²) in [4.78, 5) is 20.8. The highest BCUT2D eigenvalue weighted by Crippen LogP contribution is 2.29. The number of sulfone groups is 1. The summed E-state index contributed by atoms with van der Waals surface area (Å²) in [6.45, 7) is 1.31. The van der Waals surface area contributed by atoms with Crippen molar-refractivity contribution < 1.29 is 13.2 Å². The molecule has 6 nitrogen and oxygen atoms in total. The summed E-state index contributed by atoms with van der Waals surface area (Å²) in [5.74, 6) is 0.141. The minimum atomic E-state index is -3.45. The third-order valence-electron chi connectivity index (χ3n) is 5.21. The molecule has 0 radical (unpaired) electrons. The number of thiazole rings is 1. The molecule has 3 rings (SSSR count).